The Labute approximate surface area is 99.7 Å². The van der Waals surface area contributed by atoms with Gasteiger partial charge in [0.15, 0.2) is 0 Å². The third-order valence-electron chi connectivity index (χ3n) is 3.67. The predicted molar refractivity (Wildman–Crippen MR) is 70.3 cm³/mol. The van der Waals surface area contributed by atoms with Crippen molar-refractivity contribution in [2.45, 2.75) is 25.7 Å². The van der Waals surface area contributed by atoms with Crippen LogP contribution < -0.4 is 0 Å². The highest BCUT2D eigenvalue weighted by Gasteiger charge is 2.26. The van der Waals surface area contributed by atoms with E-state index < -0.39 is 0 Å². The van der Waals surface area contributed by atoms with Crippen LogP contribution in [0.3, 0.4) is 0 Å². The molecule has 1 fully saturated rings. The number of fused-ring (bicyclic) bond motifs is 3. The summed E-state index contributed by atoms with van der Waals surface area (Å²) < 4.78 is 0. The SMILES string of the molecule is Cc1cnc2[nH]c3c(C4CC4)cccc3c2c1. The number of H-pyrrole nitrogens is 1. The Morgan fingerprint density at radius 2 is 2.12 bits per heavy atom. The van der Waals surface area contributed by atoms with Crippen molar-refractivity contribution in [3.05, 3.63) is 41.6 Å². The number of nitrogens with one attached hydrogen (secondary N) is 1. The van der Waals surface area contributed by atoms with E-state index in [2.05, 4.69) is 41.2 Å². The van der Waals surface area contributed by atoms with Crippen LogP contribution in [0.5, 0.6) is 0 Å². The lowest BCUT2D eigenvalue weighted by molar-refractivity contribution is 1.14. The maximum atomic E-state index is 4.48. The molecule has 17 heavy (non-hydrogen) atoms. The van der Waals surface area contributed by atoms with Crippen LogP contribution in [-0.2, 0) is 0 Å². The predicted octanol–water partition coefficient (Wildman–Crippen LogP) is 3.90. The number of aromatic nitrogens is 2. The van der Waals surface area contributed by atoms with Gasteiger partial charge in [-0.3, -0.25) is 0 Å². The van der Waals surface area contributed by atoms with Crippen molar-refractivity contribution in [2.75, 3.05) is 0 Å². The average Bonchev–Trinajstić information content (AvgIpc) is 3.11. The molecule has 0 amide bonds. The minimum absolute atomic E-state index is 0.771. The molecular formula is C15H14N2. The zero-order chi connectivity index (χ0) is 11.4. The Balaban J connectivity index is 2.15. The first-order valence-electron chi connectivity index (χ1n) is 6.20. The van der Waals surface area contributed by atoms with E-state index in [1.807, 2.05) is 6.20 Å². The maximum Gasteiger partial charge on any atom is 0.138 e. The molecule has 1 aliphatic carbocycles. The lowest BCUT2D eigenvalue weighted by Gasteiger charge is -1.99. The lowest BCUT2D eigenvalue weighted by atomic mass is 10.1. The number of pyridine rings is 1. The molecule has 4 rings (SSSR count). The van der Waals surface area contributed by atoms with Gasteiger partial charge in [-0.2, -0.15) is 0 Å². The number of hydrogen-bond donors (Lipinski definition) is 1. The number of aromatic amines is 1. The van der Waals surface area contributed by atoms with Gasteiger partial charge in [-0.25, -0.2) is 4.98 Å². The summed E-state index contributed by atoms with van der Waals surface area (Å²) in [5.74, 6) is 0.771. The molecule has 0 aliphatic heterocycles. The van der Waals surface area contributed by atoms with Gasteiger partial charge in [0.05, 0.1) is 5.52 Å². The second-order valence-electron chi connectivity index (χ2n) is 5.08. The topological polar surface area (TPSA) is 28.7 Å². The van der Waals surface area contributed by atoms with Gasteiger partial charge in [-0.15, -0.1) is 0 Å². The first-order chi connectivity index (χ1) is 8.33. The minimum atomic E-state index is 0.771. The molecule has 0 unspecified atom stereocenters. The Morgan fingerprint density at radius 1 is 1.24 bits per heavy atom. The monoisotopic (exact) mass is 222 g/mol. The first kappa shape index (κ1) is 9.23. The number of para-hydroxylation sites is 1. The minimum Gasteiger partial charge on any atom is -0.339 e. The van der Waals surface area contributed by atoms with E-state index in [0.717, 1.165) is 11.6 Å². The summed E-state index contributed by atoms with van der Waals surface area (Å²) >= 11 is 0. The third kappa shape index (κ3) is 1.30. The van der Waals surface area contributed by atoms with Crippen LogP contribution in [0, 0.1) is 6.92 Å². The van der Waals surface area contributed by atoms with Crippen molar-refractivity contribution in [2.24, 2.45) is 0 Å². The summed E-state index contributed by atoms with van der Waals surface area (Å²) in [6.07, 6.45) is 4.59. The standard InChI is InChI=1S/C15H14N2/c1-9-7-13-12-4-2-3-11(10-5-6-10)14(12)17-15(13)16-8-9/h2-4,7-8,10H,5-6H2,1H3,(H,16,17). The van der Waals surface area contributed by atoms with Crippen LogP contribution in [0.1, 0.15) is 29.9 Å². The maximum absolute atomic E-state index is 4.48. The van der Waals surface area contributed by atoms with Gasteiger partial charge in [-0.1, -0.05) is 18.2 Å². The normalized spacial score (nSPS) is 15.8. The zero-order valence-corrected chi connectivity index (χ0v) is 9.83. The molecule has 1 saturated carbocycles. The second-order valence-corrected chi connectivity index (χ2v) is 5.08. The molecule has 3 aromatic rings. The van der Waals surface area contributed by atoms with Gasteiger partial charge in [0.1, 0.15) is 5.65 Å². The van der Waals surface area contributed by atoms with Gasteiger partial charge < -0.3 is 4.98 Å². The number of hydrogen-bond acceptors (Lipinski definition) is 1. The molecule has 0 bridgehead atoms. The van der Waals surface area contributed by atoms with Gasteiger partial charge in [0, 0.05) is 17.0 Å². The molecule has 2 heterocycles. The Morgan fingerprint density at radius 3 is 2.94 bits per heavy atom. The highest BCUT2D eigenvalue weighted by Crippen LogP contribution is 2.43. The number of rotatable bonds is 1. The van der Waals surface area contributed by atoms with Crippen LogP contribution >= 0.6 is 0 Å². The van der Waals surface area contributed by atoms with E-state index in [-0.39, 0.29) is 0 Å². The molecule has 1 N–H and O–H groups in total. The van der Waals surface area contributed by atoms with Gasteiger partial charge >= 0.3 is 0 Å². The molecular weight excluding hydrogens is 208 g/mol. The van der Waals surface area contributed by atoms with Crippen molar-refractivity contribution in [3.63, 3.8) is 0 Å². The van der Waals surface area contributed by atoms with Crippen LogP contribution in [0.25, 0.3) is 21.9 Å². The smallest absolute Gasteiger partial charge is 0.138 e. The van der Waals surface area contributed by atoms with Crippen LogP contribution in [-0.4, -0.2) is 9.97 Å². The molecule has 2 nitrogen and oxygen atoms in total. The molecule has 84 valence electrons. The summed E-state index contributed by atoms with van der Waals surface area (Å²) in [6, 6.07) is 8.84. The van der Waals surface area contributed by atoms with E-state index in [0.29, 0.717) is 0 Å². The Kier molecular flexibility index (Phi) is 1.68. The largest absolute Gasteiger partial charge is 0.339 e. The van der Waals surface area contributed by atoms with Crippen LogP contribution in [0.15, 0.2) is 30.5 Å². The summed E-state index contributed by atoms with van der Waals surface area (Å²) in [6.45, 7) is 2.09. The summed E-state index contributed by atoms with van der Waals surface area (Å²) in [7, 11) is 0. The second kappa shape index (κ2) is 3.10. The summed E-state index contributed by atoms with van der Waals surface area (Å²) in [5.41, 5.74) is 5.00. The van der Waals surface area contributed by atoms with E-state index in [1.165, 1.54) is 40.3 Å². The van der Waals surface area contributed by atoms with Gasteiger partial charge in [-0.05, 0) is 42.9 Å². The molecule has 1 aromatic carbocycles. The van der Waals surface area contributed by atoms with Crippen molar-refractivity contribution in [1.82, 2.24) is 9.97 Å². The Bertz CT molecular complexity index is 720. The van der Waals surface area contributed by atoms with E-state index in [1.54, 1.807) is 0 Å². The first-order valence-corrected chi connectivity index (χ1v) is 6.20. The molecule has 2 heteroatoms. The summed E-state index contributed by atoms with van der Waals surface area (Å²) in [5, 5.41) is 2.57. The van der Waals surface area contributed by atoms with Crippen LogP contribution in [0.4, 0.5) is 0 Å². The highest BCUT2D eigenvalue weighted by atomic mass is 14.9. The molecule has 0 radical (unpaired) electrons. The quantitative estimate of drug-likeness (QED) is 0.664. The number of nitrogens with zero attached hydrogens (tertiary/aromatic N) is 1. The van der Waals surface area contributed by atoms with Crippen LogP contribution in [0.2, 0.25) is 0 Å². The summed E-state index contributed by atoms with van der Waals surface area (Å²) in [4.78, 5) is 7.97. The molecule has 0 atom stereocenters. The Hall–Kier alpha value is -1.83. The fourth-order valence-electron chi connectivity index (χ4n) is 2.66. The van der Waals surface area contributed by atoms with E-state index >= 15 is 0 Å². The van der Waals surface area contributed by atoms with Crippen molar-refractivity contribution in [1.29, 1.82) is 0 Å². The third-order valence-corrected chi connectivity index (χ3v) is 3.67. The molecule has 0 saturated heterocycles. The van der Waals surface area contributed by atoms with E-state index in [9.17, 15) is 0 Å². The molecule has 0 spiro atoms. The molecule has 2 aromatic heterocycles. The van der Waals surface area contributed by atoms with Crippen molar-refractivity contribution in [3.8, 4) is 0 Å². The van der Waals surface area contributed by atoms with Gasteiger partial charge in [0.25, 0.3) is 0 Å². The fourth-order valence-corrected chi connectivity index (χ4v) is 2.66. The zero-order valence-electron chi connectivity index (χ0n) is 9.83. The van der Waals surface area contributed by atoms with E-state index in [4.69, 9.17) is 0 Å². The lowest BCUT2D eigenvalue weighted by Crippen LogP contribution is -1.81. The van der Waals surface area contributed by atoms with Crippen molar-refractivity contribution < 1.29 is 0 Å². The fraction of sp³-hybridized carbons (Fsp3) is 0.267. The number of benzene rings is 1. The number of aryl methyl sites for hydroxylation is 1. The molecule has 1 aliphatic rings. The average molecular weight is 222 g/mol. The van der Waals surface area contributed by atoms with Crippen molar-refractivity contribution >= 4 is 21.9 Å². The van der Waals surface area contributed by atoms with Gasteiger partial charge in [0.2, 0.25) is 0 Å². The highest BCUT2D eigenvalue weighted by molar-refractivity contribution is 6.07.